The predicted molar refractivity (Wildman–Crippen MR) is 71.4 cm³/mol. The van der Waals surface area contributed by atoms with E-state index in [4.69, 9.17) is 4.52 Å². The van der Waals surface area contributed by atoms with E-state index in [1.165, 1.54) is 50.6 Å². The highest BCUT2D eigenvalue weighted by Crippen LogP contribution is 2.36. The Balaban J connectivity index is 1.71. The standard InChI is InChI=1S/C15H24N2O/c1-11-14(12(2)18-16-11)10-17-9-5-8-15(17)13-6-3-4-7-13/h13,15H,3-10H2,1-2H3/t15-/m1/s1. The van der Waals surface area contributed by atoms with E-state index < -0.39 is 0 Å². The average Bonchev–Trinajstić information content (AvgIpc) is 3.06. The van der Waals surface area contributed by atoms with Gasteiger partial charge in [0, 0.05) is 18.2 Å². The summed E-state index contributed by atoms with van der Waals surface area (Å²) >= 11 is 0. The Morgan fingerprint density at radius 2 is 1.94 bits per heavy atom. The normalized spacial score (nSPS) is 26.2. The molecule has 2 aliphatic rings. The van der Waals surface area contributed by atoms with Gasteiger partial charge in [0.2, 0.25) is 0 Å². The summed E-state index contributed by atoms with van der Waals surface area (Å²) in [7, 11) is 0. The molecule has 2 fully saturated rings. The molecule has 1 saturated carbocycles. The van der Waals surface area contributed by atoms with Crippen LogP contribution in [0.3, 0.4) is 0 Å². The largest absolute Gasteiger partial charge is 0.361 e. The van der Waals surface area contributed by atoms with Crippen molar-refractivity contribution in [2.24, 2.45) is 5.92 Å². The fourth-order valence-corrected chi connectivity index (χ4v) is 3.85. The van der Waals surface area contributed by atoms with Crippen molar-refractivity contribution in [3.8, 4) is 0 Å². The van der Waals surface area contributed by atoms with E-state index >= 15 is 0 Å². The van der Waals surface area contributed by atoms with Gasteiger partial charge in [-0.05, 0) is 52.0 Å². The average molecular weight is 248 g/mol. The Kier molecular flexibility index (Phi) is 3.42. The summed E-state index contributed by atoms with van der Waals surface area (Å²) in [5.74, 6) is 1.96. The molecular formula is C15H24N2O. The summed E-state index contributed by atoms with van der Waals surface area (Å²) in [6, 6.07) is 0.821. The maximum absolute atomic E-state index is 5.29. The Bertz CT molecular complexity index is 387. The van der Waals surface area contributed by atoms with E-state index in [0.29, 0.717) is 0 Å². The molecule has 100 valence electrons. The van der Waals surface area contributed by atoms with Crippen molar-refractivity contribution < 1.29 is 4.52 Å². The molecule has 0 unspecified atom stereocenters. The molecule has 3 heteroatoms. The zero-order valence-electron chi connectivity index (χ0n) is 11.6. The highest BCUT2D eigenvalue weighted by molar-refractivity contribution is 5.20. The van der Waals surface area contributed by atoms with Crippen LogP contribution < -0.4 is 0 Å². The molecule has 2 heterocycles. The molecule has 3 rings (SSSR count). The van der Waals surface area contributed by atoms with E-state index in [-0.39, 0.29) is 0 Å². The number of rotatable bonds is 3. The van der Waals surface area contributed by atoms with E-state index in [9.17, 15) is 0 Å². The van der Waals surface area contributed by atoms with Crippen LogP contribution in [0.25, 0.3) is 0 Å². The molecule has 1 aromatic rings. The highest BCUT2D eigenvalue weighted by Gasteiger charge is 2.33. The highest BCUT2D eigenvalue weighted by atomic mass is 16.5. The Morgan fingerprint density at radius 3 is 2.61 bits per heavy atom. The molecule has 0 amide bonds. The van der Waals surface area contributed by atoms with Gasteiger partial charge < -0.3 is 4.52 Å². The number of aromatic nitrogens is 1. The molecule has 3 nitrogen and oxygen atoms in total. The number of hydrogen-bond donors (Lipinski definition) is 0. The fourth-order valence-electron chi connectivity index (χ4n) is 3.85. The monoisotopic (exact) mass is 248 g/mol. The minimum absolute atomic E-state index is 0.821. The van der Waals surface area contributed by atoms with E-state index in [2.05, 4.69) is 17.0 Å². The molecule has 1 atom stereocenters. The SMILES string of the molecule is Cc1noc(C)c1CN1CCC[C@@H]1C1CCCC1. The maximum atomic E-state index is 5.29. The Labute approximate surface area is 110 Å². The van der Waals surface area contributed by atoms with Crippen LogP contribution in [0.5, 0.6) is 0 Å². The van der Waals surface area contributed by atoms with Gasteiger partial charge in [0.1, 0.15) is 5.76 Å². The van der Waals surface area contributed by atoms with Gasteiger partial charge in [-0.25, -0.2) is 0 Å². The van der Waals surface area contributed by atoms with Gasteiger partial charge in [0.25, 0.3) is 0 Å². The summed E-state index contributed by atoms with van der Waals surface area (Å²) < 4.78 is 5.29. The zero-order chi connectivity index (χ0) is 12.5. The molecule has 0 bridgehead atoms. The second-order valence-corrected chi connectivity index (χ2v) is 6.03. The number of nitrogens with zero attached hydrogens (tertiary/aromatic N) is 2. The van der Waals surface area contributed by atoms with Gasteiger partial charge in [-0.2, -0.15) is 0 Å². The van der Waals surface area contributed by atoms with Crippen LogP contribution in [-0.4, -0.2) is 22.6 Å². The fraction of sp³-hybridized carbons (Fsp3) is 0.800. The lowest BCUT2D eigenvalue weighted by Crippen LogP contribution is -2.34. The topological polar surface area (TPSA) is 29.3 Å². The molecule has 1 saturated heterocycles. The van der Waals surface area contributed by atoms with Gasteiger partial charge in [0.15, 0.2) is 0 Å². The summed E-state index contributed by atoms with van der Waals surface area (Å²) in [6.45, 7) is 6.40. The second-order valence-electron chi connectivity index (χ2n) is 6.03. The molecule has 0 aromatic carbocycles. The first kappa shape index (κ1) is 12.2. The Morgan fingerprint density at radius 1 is 1.17 bits per heavy atom. The van der Waals surface area contributed by atoms with Gasteiger partial charge in [-0.15, -0.1) is 0 Å². The molecule has 1 aliphatic carbocycles. The van der Waals surface area contributed by atoms with Crippen molar-refractivity contribution >= 4 is 0 Å². The third-order valence-corrected chi connectivity index (χ3v) is 4.90. The molecule has 0 N–H and O–H groups in total. The van der Waals surface area contributed by atoms with Crippen molar-refractivity contribution in [1.82, 2.24) is 10.1 Å². The minimum Gasteiger partial charge on any atom is -0.361 e. The van der Waals surface area contributed by atoms with Crippen LogP contribution in [0.2, 0.25) is 0 Å². The van der Waals surface area contributed by atoms with Crippen molar-refractivity contribution in [3.63, 3.8) is 0 Å². The van der Waals surface area contributed by atoms with Crippen molar-refractivity contribution in [3.05, 3.63) is 17.0 Å². The number of likely N-dealkylation sites (tertiary alicyclic amines) is 1. The lowest BCUT2D eigenvalue weighted by molar-refractivity contribution is 0.182. The summed E-state index contributed by atoms with van der Waals surface area (Å²) in [5.41, 5.74) is 2.39. The van der Waals surface area contributed by atoms with Gasteiger partial charge in [-0.1, -0.05) is 18.0 Å². The van der Waals surface area contributed by atoms with Crippen molar-refractivity contribution in [1.29, 1.82) is 0 Å². The van der Waals surface area contributed by atoms with Gasteiger partial charge in [0.05, 0.1) is 5.69 Å². The van der Waals surface area contributed by atoms with Crippen LogP contribution >= 0.6 is 0 Å². The molecule has 1 aromatic heterocycles. The lowest BCUT2D eigenvalue weighted by Gasteiger charge is -2.29. The number of aryl methyl sites for hydroxylation is 2. The smallest absolute Gasteiger partial charge is 0.138 e. The first-order valence-corrected chi connectivity index (χ1v) is 7.41. The number of hydrogen-bond acceptors (Lipinski definition) is 3. The molecule has 1 aliphatic heterocycles. The first-order valence-electron chi connectivity index (χ1n) is 7.41. The second kappa shape index (κ2) is 5.04. The van der Waals surface area contributed by atoms with Crippen LogP contribution in [0.15, 0.2) is 4.52 Å². The predicted octanol–water partition coefficient (Wildman–Crippen LogP) is 3.45. The third-order valence-electron chi connectivity index (χ3n) is 4.90. The summed E-state index contributed by atoms with van der Waals surface area (Å²) in [6.07, 6.45) is 8.55. The molecule has 0 spiro atoms. The third kappa shape index (κ3) is 2.20. The first-order chi connectivity index (χ1) is 8.75. The molecular weight excluding hydrogens is 224 g/mol. The molecule has 18 heavy (non-hydrogen) atoms. The Hall–Kier alpha value is -0.830. The van der Waals surface area contributed by atoms with Gasteiger partial charge >= 0.3 is 0 Å². The summed E-state index contributed by atoms with van der Waals surface area (Å²) in [4.78, 5) is 2.68. The summed E-state index contributed by atoms with van der Waals surface area (Å²) in [5, 5.41) is 4.08. The quantitative estimate of drug-likeness (QED) is 0.820. The van der Waals surface area contributed by atoms with Crippen LogP contribution in [0, 0.1) is 19.8 Å². The van der Waals surface area contributed by atoms with Crippen LogP contribution in [0.1, 0.15) is 55.5 Å². The van der Waals surface area contributed by atoms with Crippen molar-refractivity contribution in [2.45, 2.75) is 65.0 Å². The van der Waals surface area contributed by atoms with Crippen molar-refractivity contribution in [2.75, 3.05) is 6.54 Å². The van der Waals surface area contributed by atoms with Gasteiger partial charge in [-0.3, -0.25) is 4.90 Å². The maximum Gasteiger partial charge on any atom is 0.138 e. The lowest BCUT2D eigenvalue weighted by atomic mass is 9.95. The van der Waals surface area contributed by atoms with Crippen LogP contribution in [-0.2, 0) is 6.54 Å². The van der Waals surface area contributed by atoms with E-state index in [1.54, 1.807) is 0 Å². The zero-order valence-corrected chi connectivity index (χ0v) is 11.6. The molecule has 0 radical (unpaired) electrons. The van der Waals surface area contributed by atoms with E-state index in [0.717, 1.165) is 30.0 Å². The minimum atomic E-state index is 0.821. The van der Waals surface area contributed by atoms with E-state index in [1.807, 2.05) is 6.92 Å². The van der Waals surface area contributed by atoms with Crippen LogP contribution in [0.4, 0.5) is 0 Å².